The van der Waals surface area contributed by atoms with Crippen LogP contribution < -0.4 is 9.62 Å². The number of benzene rings is 4. The average Bonchev–Trinajstić information content (AvgIpc) is 3.00. The number of nitrogens with one attached hydrogen (secondary N) is 1. The highest BCUT2D eigenvalue weighted by Crippen LogP contribution is 2.31. The molecule has 4 aromatic carbocycles. The normalized spacial score (nSPS) is 11.9. The maximum Gasteiger partial charge on any atom is 0.264 e. The summed E-state index contributed by atoms with van der Waals surface area (Å²) in [6, 6.07) is 25.9. The van der Waals surface area contributed by atoms with Crippen LogP contribution in [0.5, 0.6) is 0 Å². The Kier molecular flexibility index (Phi) is 10.7. The van der Waals surface area contributed by atoms with Gasteiger partial charge in [-0.15, -0.1) is 0 Å². The number of carbonyl (C=O) groups is 2. The summed E-state index contributed by atoms with van der Waals surface area (Å²) in [7, 11) is -2.77. The van der Waals surface area contributed by atoms with E-state index in [0.29, 0.717) is 10.6 Å². The second kappa shape index (κ2) is 14.3. The van der Waals surface area contributed by atoms with E-state index >= 15 is 0 Å². The molecule has 0 spiro atoms. The number of likely N-dealkylation sites (N-methyl/N-ethyl adjacent to an activating group) is 1. The Morgan fingerprint density at radius 1 is 0.814 bits per heavy atom. The standard InChI is InChI=1S/C32H30Cl3N3O4S/c1-22-12-15-26(16-13-22)43(41,42)38(25-14-17-28(34)29(35)19-25)21-31(39)37(20-24-10-6-7-11-27(24)33)30(32(40)36-2)18-23-8-4-3-5-9-23/h3-17,19,30H,18,20-21H2,1-2H3,(H,36,40)/t30-/m1/s1. The van der Waals surface area contributed by atoms with E-state index in [2.05, 4.69) is 5.32 Å². The van der Waals surface area contributed by atoms with E-state index in [-0.39, 0.29) is 33.6 Å². The Morgan fingerprint density at radius 3 is 2.09 bits per heavy atom. The predicted molar refractivity (Wildman–Crippen MR) is 172 cm³/mol. The van der Waals surface area contributed by atoms with E-state index in [0.717, 1.165) is 15.4 Å². The molecule has 4 aromatic rings. The molecule has 0 aromatic heterocycles. The van der Waals surface area contributed by atoms with Gasteiger partial charge in [0.25, 0.3) is 10.0 Å². The van der Waals surface area contributed by atoms with Crippen LogP contribution in [0.4, 0.5) is 5.69 Å². The summed E-state index contributed by atoms with van der Waals surface area (Å²) in [6.07, 6.45) is 0.189. The molecule has 0 saturated carbocycles. The van der Waals surface area contributed by atoms with Gasteiger partial charge in [0.2, 0.25) is 11.8 Å². The van der Waals surface area contributed by atoms with E-state index in [1.54, 1.807) is 36.4 Å². The summed E-state index contributed by atoms with van der Waals surface area (Å²) < 4.78 is 29.1. The number of carbonyl (C=O) groups excluding carboxylic acids is 2. The number of amides is 2. The van der Waals surface area contributed by atoms with Crippen molar-refractivity contribution in [3.63, 3.8) is 0 Å². The number of sulfonamides is 1. The molecule has 0 unspecified atom stereocenters. The third-order valence-corrected chi connectivity index (χ3v) is 9.79. The molecule has 2 amide bonds. The molecular formula is C32H30Cl3N3O4S. The van der Waals surface area contributed by atoms with Crippen LogP contribution in [0.25, 0.3) is 0 Å². The molecule has 0 radical (unpaired) electrons. The first kappa shape index (κ1) is 32.4. The lowest BCUT2D eigenvalue weighted by atomic mass is 10.0. The molecule has 0 fully saturated rings. The maximum atomic E-state index is 14.3. The Labute approximate surface area is 267 Å². The molecule has 43 heavy (non-hydrogen) atoms. The van der Waals surface area contributed by atoms with Crippen molar-refractivity contribution in [2.45, 2.75) is 30.8 Å². The number of anilines is 1. The van der Waals surface area contributed by atoms with Gasteiger partial charge in [0.1, 0.15) is 12.6 Å². The Morgan fingerprint density at radius 2 is 1.47 bits per heavy atom. The minimum absolute atomic E-state index is 0.0123. The summed E-state index contributed by atoms with van der Waals surface area (Å²) in [4.78, 5) is 29.0. The molecule has 0 aliphatic carbocycles. The van der Waals surface area contributed by atoms with Crippen molar-refractivity contribution in [2.24, 2.45) is 0 Å². The van der Waals surface area contributed by atoms with Crippen LogP contribution >= 0.6 is 34.8 Å². The van der Waals surface area contributed by atoms with Crippen molar-refractivity contribution in [1.29, 1.82) is 0 Å². The van der Waals surface area contributed by atoms with Gasteiger partial charge in [-0.05, 0) is 54.4 Å². The van der Waals surface area contributed by atoms with Crippen LogP contribution in [0, 0.1) is 6.92 Å². The van der Waals surface area contributed by atoms with Crippen LogP contribution in [0.3, 0.4) is 0 Å². The third-order valence-electron chi connectivity index (χ3n) is 6.90. The van der Waals surface area contributed by atoms with E-state index in [9.17, 15) is 18.0 Å². The van der Waals surface area contributed by atoms with Crippen LogP contribution in [0.2, 0.25) is 15.1 Å². The van der Waals surface area contributed by atoms with Gasteiger partial charge in [-0.2, -0.15) is 0 Å². The number of rotatable bonds is 11. The van der Waals surface area contributed by atoms with E-state index in [1.807, 2.05) is 37.3 Å². The number of hydrogen-bond acceptors (Lipinski definition) is 4. The number of nitrogens with zero attached hydrogens (tertiary/aromatic N) is 2. The highest BCUT2D eigenvalue weighted by Gasteiger charge is 2.34. The van der Waals surface area contributed by atoms with Gasteiger partial charge >= 0.3 is 0 Å². The maximum absolute atomic E-state index is 14.3. The van der Waals surface area contributed by atoms with E-state index < -0.39 is 34.4 Å². The predicted octanol–water partition coefficient (Wildman–Crippen LogP) is 6.54. The lowest BCUT2D eigenvalue weighted by Gasteiger charge is -2.33. The first-order valence-corrected chi connectivity index (χ1v) is 15.9. The van der Waals surface area contributed by atoms with Crippen LogP contribution in [0.1, 0.15) is 16.7 Å². The van der Waals surface area contributed by atoms with Crippen molar-refractivity contribution in [1.82, 2.24) is 10.2 Å². The summed E-state index contributed by atoms with van der Waals surface area (Å²) in [5.41, 5.74) is 2.43. The summed E-state index contributed by atoms with van der Waals surface area (Å²) in [6.45, 7) is 1.18. The molecule has 0 aliphatic rings. The first-order chi connectivity index (χ1) is 20.5. The van der Waals surface area contributed by atoms with Gasteiger partial charge in [0, 0.05) is 25.0 Å². The van der Waals surface area contributed by atoms with Crippen molar-refractivity contribution >= 4 is 62.3 Å². The van der Waals surface area contributed by atoms with Crippen molar-refractivity contribution in [3.8, 4) is 0 Å². The van der Waals surface area contributed by atoms with Gasteiger partial charge in [0.15, 0.2) is 0 Å². The molecule has 11 heteroatoms. The van der Waals surface area contributed by atoms with E-state index in [4.69, 9.17) is 34.8 Å². The summed E-state index contributed by atoms with van der Waals surface area (Å²) in [5, 5.41) is 3.41. The van der Waals surface area contributed by atoms with Gasteiger partial charge in [-0.1, -0.05) is 101 Å². The molecule has 0 saturated heterocycles. The third kappa shape index (κ3) is 7.89. The van der Waals surface area contributed by atoms with Gasteiger partial charge < -0.3 is 10.2 Å². The van der Waals surface area contributed by atoms with Gasteiger partial charge in [-0.25, -0.2) is 8.42 Å². The lowest BCUT2D eigenvalue weighted by Crippen LogP contribution is -2.53. The van der Waals surface area contributed by atoms with Crippen molar-refractivity contribution in [2.75, 3.05) is 17.9 Å². The van der Waals surface area contributed by atoms with Crippen molar-refractivity contribution in [3.05, 3.63) is 129 Å². The molecule has 1 N–H and O–H groups in total. The smallest absolute Gasteiger partial charge is 0.264 e. The minimum atomic E-state index is -4.26. The molecule has 7 nitrogen and oxygen atoms in total. The zero-order valence-electron chi connectivity index (χ0n) is 23.5. The topological polar surface area (TPSA) is 86.8 Å². The molecule has 224 valence electrons. The Hall–Kier alpha value is -3.56. The van der Waals surface area contributed by atoms with Crippen LogP contribution in [0.15, 0.2) is 102 Å². The Balaban J connectivity index is 1.81. The molecular weight excluding hydrogens is 629 g/mol. The number of halogens is 3. The SMILES string of the molecule is CNC(=O)[C@@H](Cc1ccccc1)N(Cc1ccccc1Cl)C(=O)CN(c1ccc(Cl)c(Cl)c1)S(=O)(=O)c1ccc(C)cc1. The highest BCUT2D eigenvalue weighted by molar-refractivity contribution is 7.92. The largest absolute Gasteiger partial charge is 0.357 e. The second-order valence-electron chi connectivity index (χ2n) is 9.86. The lowest BCUT2D eigenvalue weighted by molar-refractivity contribution is -0.139. The Bertz CT molecular complexity index is 1700. The monoisotopic (exact) mass is 657 g/mol. The van der Waals surface area contributed by atoms with Gasteiger partial charge in [0.05, 0.1) is 20.6 Å². The van der Waals surface area contributed by atoms with Crippen LogP contribution in [-0.4, -0.2) is 44.8 Å². The molecule has 1 atom stereocenters. The zero-order valence-corrected chi connectivity index (χ0v) is 26.6. The zero-order chi connectivity index (χ0) is 31.1. The fourth-order valence-corrected chi connectivity index (χ4v) is 6.43. The number of aryl methyl sites for hydroxylation is 1. The molecule has 0 heterocycles. The highest BCUT2D eigenvalue weighted by atomic mass is 35.5. The molecule has 4 rings (SSSR count). The summed E-state index contributed by atoms with van der Waals surface area (Å²) in [5.74, 6) is -1.03. The fraction of sp³-hybridized carbons (Fsp3) is 0.188. The molecule has 0 aliphatic heterocycles. The minimum Gasteiger partial charge on any atom is -0.357 e. The van der Waals surface area contributed by atoms with E-state index in [1.165, 1.54) is 42.3 Å². The first-order valence-electron chi connectivity index (χ1n) is 13.3. The van der Waals surface area contributed by atoms with Gasteiger partial charge in [-0.3, -0.25) is 13.9 Å². The number of hydrogen-bond donors (Lipinski definition) is 1. The molecule has 0 bridgehead atoms. The fourth-order valence-electron chi connectivity index (χ4n) is 4.54. The quantitative estimate of drug-likeness (QED) is 0.198. The second-order valence-corrected chi connectivity index (χ2v) is 12.9. The average molecular weight is 659 g/mol. The summed E-state index contributed by atoms with van der Waals surface area (Å²) >= 11 is 18.9. The van der Waals surface area contributed by atoms with Crippen LogP contribution in [-0.2, 0) is 32.6 Å². The van der Waals surface area contributed by atoms with Crippen molar-refractivity contribution < 1.29 is 18.0 Å².